The SMILES string of the molecule is Cc1c(C(=O)OCCNC(=O)c2ccncc2)sc2nccn12. The van der Waals surface area contributed by atoms with Gasteiger partial charge in [0.15, 0.2) is 4.96 Å². The third-order valence-electron chi connectivity index (χ3n) is 3.24. The number of ether oxygens (including phenoxy) is 1. The molecule has 0 bridgehead atoms. The first-order valence-electron chi connectivity index (χ1n) is 6.94. The van der Waals surface area contributed by atoms with E-state index < -0.39 is 5.97 Å². The Kier molecular flexibility index (Phi) is 4.33. The molecule has 23 heavy (non-hydrogen) atoms. The summed E-state index contributed by atoms with van der Waals surface area (Å²) in [6.45, 7) is 2.19. The monoisotopic (exact) mass is 330 g/mol. The van der Waals surface area contributed by atoms with Crippen LogP contribution in [0.1, 0.15) is 25.7 Å². The number of carbonyl (C=O) groups is 2. The van der Waals surface area contributed by atoms with E-state index in [0.29, 0.717) is 10.4 Å². The molecule has 0 aliphatic carbocycles. The number of thiazole rings is 1. The fourth-order valence-corrected chi connectivity index (χ4v) is 3.04. The lowest BCUT2D eigenvalue weighted by Gasteiger charge is -2.06. The van der Waals surface area contributed by atoms with Crippen molar-refractivity contribution in [3.05, 3.63) is 53.1 Å². The van der Waals surface area contributed by atoms with E-state index in [4.69, 9.17) is 4.74 Å². The van der Waals surface area contributed by atoms with Crippen LogP contribution in [0.2, 0.25) is 0 Å². The molecular formula is C15H14N4O3S. The number of aromatic nitrogens is 3. The van der Waals surface area contributed by atoms with E-state index in [1.807, 2.05) is 11.3 Å². The number of rotatable bonds is 5. The largest absolute Gasteiger partial charge is 0.460 e. The number of carbonyl (C=O) groups excluding carboxylic acids is 2. The molecular weight excluding hydrogens is 316 g/mol. The van der Waals surface area contributed by atoms with Crippen molar-refractivity contribution in [3.63, 3.8) is 0 Å². The zero-order valence-corrected chi connectivity index (χ0v) is 13.2. The van der Waals surface area contributed by atoms with E-state index in [2.05, 4.69) is 15.3 Å². The van der Waals surface area contributed by atoms with Crippen molar-refractivity contribution in [2.75, 3.05) is 13.2 Å². The zero-order chi connectivity index (χ0) is 16.2. The fourth-order valence-electron chi connectivity index (χ4n) is 2.06. The normalized spacial score (nSPS) is 10.7. The van der Waals surface area contributed by atoms with Crippen LogP contribution in [-0.4, -0.2) is 39.4 Å². The molecule has 0 aliphatic rings. The number of fused-ring (bicyclic) bond motifs is 1. The van der Waals surface area contributed by atoms with Crippen molar-refractivity contribution >= 4 is 28.2 Å². The number of nitrogens with zero attached hydrogens (tertiary/aromatic N) is 3. The quantitative estimate of drug-likeness (QED) is 0.568. The first-order chi connectivity index (χ1) is 11.2. The smallest absolute Gasteiger partial charge is 0.350 e. The van der Waals surface area contributed by atoms with Crippen molar-refractivity contribution in [1.29, 1.82) is 0 Å². The van der Waals surface area contributed by atoms with Gasteiger partial charge in [-0.15, -0.1) is 0 Å². The maximum atomic E-state index is 12.1. The topological polar surface area (TPSA) is 85.6 Å². The molecule has 3 aromatic rings. The molecule has 118 valence electrons. The summed E-state index contributed by atoms with van der Waals surface area (Å²) in [6, 6.07) is 3.23. The lowest BCUT2D eigenvalue weighted by atomic mass is 10.2. The van der Waals surface area contributed by atoms with Crippen LogP contribution in [0, 0.1) is 6.92 Å². The van der Waals surface area contributed by atoms with Gasteiger partial charge in [0.05, 0.1) is 6.54 Å². The van der Waals surface area contributed by atoms with Crippen LogP contribution in [0.3, 0.4) is 0 Å². The van der Waals surface area contributed by atoms with E-state index in [1.165, 1.54) is 11.3 Å². The van der Waals surface area contributed by atoms with Gasteiger partial charge < -0.3 is 10.1 Å². The van der Waals surface area contributed by atoms with Crippen molar-refractivity contribution in [2.24, 2.45) is 0 Å². The lowest BCUT2D eigenvalue weighted by molar-refractivity contribution is 0.0507. The summed E-state index contributed by atoms with van der Waals surface area (Å²) in [5.41, 5.74) is 1.31. The first-order valence-corrected chi connectivity index (χ1v) is 7.76. The number of imidazole rings is 1. The van der Waals surface area contributed by atoms with Gasteiger partial charge in [-0.1, -0.05) is 11.3 Å². The first kappa shape index (κ1) is 15.2. The van der Waals surface area contributed by atoms with Gasteiger partial charge in [-0.05, 0) is 19.1 Å². The summed E-state index contributed by atoms with van der Waals surface area (Å²) in [7, 11) is 0. The molecule has 0 saturated heterocycles. The van der Waals surface area contributed by atoms with Gasteiger partial charge >= 0.3 is 5.97 Å². The van der Waals surface area contributed by atoms with E-state index in [9.17, 15) is 9.59 Å². The van der Waals surface area contributed by atoms with Gasteiger partial charge in [0.25, 0.3) is 5.91 Å². The molecule has 3 heterocycles. The average molecular weight is 330 g/mol. The van der Waals surface area contributed by atoms with Crippen LogP contribution in [-0.2, 0) is 4.74 Å². The second-order valence-corrected chi connectivity index (χ2v) is 5.70. The highest BCUT2D eigenvalue weighted by Gasteiger charge is 2.17. The number of hydrogen-bond acceptors (Lipinski definition) is 6. The van der Waals surface area contributed by atoms with Gasteiger partial charge in [0, 0.05) is 36.0 Å². The van der Waals surface area contributed by atoms with E-state index in [1.54, 1.807) is 36.9 Å². The summed E-state index contributed by atoms with van der Waals surface area (Å²) >= 11 is 1.28. The molecule has 0 aliphatic heterocycles. The molecule has 0 fully saturated rings. The van der Waals surface area contributed by atoms with Gasteiger partial charge in [-0.25, -0.2) is 9.78 Å². The van der Waals surface area contributed by atoms with Crippen LogP contribution in [0.4, 0.5) is 0 Å². The Hall–Kier alpha value is -2.74. The lowest BCUT2D eigenvalue weighted by Crippen LogP contribution is -2.28. The van der Waals surface area contributed by atoms with Crippen molar-refractivity contribution in [2.45, 2.75) is 6.92 Å². The van der Waals surface area contributed by atoms with E-state index in [0.717, 1.165) is 10.7 Å². The Balaban J connectivity index is 1.51. The number of amides is 1. The standard InChI is InChI=1S/C15H14N4O3S/c1-10-12(23-15-18-6-8-19(10)15)14(21)22-9-7-17-13(20)11-2-4-16-5-3-11/h2-6,8H,7,9H2,1H3,(H,17,20). The fraction of sp³-hybridized carbons (Fsp3) is 0.200. The highest BCUT2D eigenvalue weighted by molar-refractivity contribution is 7.19. The Morgan fingerprint density at radius 3 is 2.83 bits per heavy atom. The summed E-state index contributed by atoms with van der Waals surface area (Å²) in [5.74, 6) is -0.634. The van der Waals surface area contributed by atoms with Crippen LogP contribution >= 0.6 is 11.3 Å². The third-order valence-corrected chi connectivity index (χ3v) is 4.39. The molecule has 3 aromatic heterocycles. The average Bonchev–Trinajstić information content (AvgIpc) is 3.15. The number of aryl methyl sites for hydroxylation is 1. The summed E-state index contributed by atoms with van der Waals surface area (Å²) in [4.78, 5) is 33.1. The Labute approximate surface area is 135 Å². The third kappa shape index (κ3) is 3.21. The molecule has 3 rings (SSSR count). The molecule has 0 aromatic carbocycles. The number of pyridine rings is 1. The molecule has 8 heteroatoms. The minimum Gasteiger partial charge on any atom is -0.460 e. The highest BCUT2D eigenvalue weighted by Crippen LogP contribution is 2.22. The van der Waals surface area contributed by atoms with Crippen LogP contribution in [0.15, 0.2) is 36.9 Å². The Morgan fingerprint density at radius 1 is 1.30 bits per heavy atom. The molecule has 1 amide bonds. The van der Waals surface area contributed by atoms with Crippen molar-refractivity contribution in [3.8, 4) is 0 Å². The number of hydrogen-bond donors (Lipinski definition) is 1. The van der Waals surface area contributed by atoms with Crippen molar-refractivity contribution < 1.29 is 14.3 Å². The summed E-state index contributed by atoms with van der Waals surface area (Å²) in [6.07, 6.45) is 6.57. The Morgan fingerprint density at radius 2 is 2.09 bits per heavy atom. The molecule has 0 saturated carbocycles. The summed E-state index contributed by atoms with van der Waals surface area (Å²) in [5, 5.41) is 2.68. The maximum absolute atomic E-state index is 12.1. The molecule has 7 nitrogen and oxygen atoms in total. The van der Waals surface area contributed by atoms with Crippen LogP contribution in [0.5, 0.6) is 0 Å². The predicted octanol–water partition coefficient (Wildman–Crippen LogP) is 1.69. The zero-order valence-electron chi connectivity index (χ0n) is 12.4. The van der Waals surface area contributed by atoms with Crippen LogP contribution in [0.25, 0.3) is 4.96 Å². The Bertz CT molecular complexity index is 841. The number of nitrogens with one attached hydrogen (secondary N) is 1. The molecule has 0 unspecified atom stereocenters. The highest BCUT2D eigenvalue weighted by atomic mass is 32.1. The van der Waals surface area contributed by atoms with Gasteiger partial charge in [-0.2, -0.15) is 0 Å². The molecule has 0 spiro atoms. The molecule has 1 N–H and O–H groups in total. The minimum absolute atomic E-state index is 0.106. The summed E-state index contributed by atoms with van der Waals surface area (Å²) < 4.78 is 7.04. The van der Waals surface area contributed by atoms with Crippen LogP contribution < -0.4 is 5.32 Å². The maximum Gasteiger partial charge on any atom is 0.350 e. The van der Waals surface area contributed by atoms with E-state index >= 15 is 0 Å². The minimum atomic E-state index is -0.406. The van der Waals surface area contributed by atoms with E-state index in [-0.39, 0.29) is 19.1 Å². The predicted molar refractivity (Wildman–Crippen MR) is 84.7 cm³/mol. The second kappa shape index (κ2) is 6.57. The number of esters is 1. The van der Waals surface area contributed by atoms with Crippen molar-refractivity contribution in [1.82, 2.24) is 19.7 Å². The van der Waals surface area contributed by atoms with Gasteiger partial charge in [-0.3, -0.25) is 14.2 Å². The molecule has 0 atom stereocenters. The molecule has 0 radical (unpaired) electrons. The van der Waals surface area contributed by atoms with Gasteiger partial charge in [0.1, 0.15) is 11.5 Å². The van der Waals surface area contributed by atoms with Gasteiger partial charge in [0.2, 0.25) is 0 Å². The second-order valence-electron chi connectivity index (χ2n) is 4.72.